The van der Waals surface area contributed by atoms with Crippen LogP contribution in [-0.2, 0) is 11.2 Å². The number of hydrogen-bond acceptors (Lipinski definition) is 5. The molecule has 1 unspecified atom stereocenters. The van der Waals surface area contributed by atoms with Crippen LogP contribution in [0.15, 0.2) is 54.7 Å². The largest absolute Gasteiger partial charge is 0.370 e. The SMILES string of the molecule is NC(=O)CC(Cc1cccc(-c2ccn[nH]2)c1)c1cc(F)cc(-c2nn[nH]n2)c1. The van der Waals surface area contributed by atoms with Crippen LogP contribution in [0.4, 0.5) is 4.39 Å². The van der Waals surface area contributed by atoms with Crippen molar-refractivity contribution in [3.8, 4) is 22.6 Å². The van der Waals surface area contributed by atoms with E-state index in [4.69, 9.17) is 5.73 Å². The molecule has 2 aromatic carbocycles. The van der Waals surface area contributed by atoms with Crippen LogP contribution in [0.3, 0.4) is 0 Å². The summed E-state index contributed by atoms with van der Waals surface area (Å²) >= 11 is 0. The monoisotopic (exact) mass is 391 g/mol. The van der Waals surface area contributed by atoms with Crippen LogP contribution in [0.5, 0.6) is 0 Å². The Kier molecular flexibility index (Phi) is 5.10. The summed E-state index contributed by atoms with van der Waals surface area (Å²) in [5.74, 6) is -0.913. The molecule has 0 saturated carbocycles. The molecule has 1 atom stereocenters. The molecule has 9 heteroatoms. The minimum absolute atomic E-state index is 0.0867. The Balaban J connectivity index is 1.67. The fourth-order valence-corrected chi connectivity index (χ4v) is 3.38. The summed E-state index contributed by atoms with van der Waals surface area (Å²) in [6.45, 7) is 0. The smallest absolute Gasteiger partial charge is 0.218 e. The summed E-state index contributed by atoms with van der Waals surface area (Å²) in [7, 11) is 0. The van der Waals surface area contributed by atoms with Crippen molar-refractivity contribution in [1.82, 2.24) is 30.8 Å². The second-order valence-electron chi connectivity index (χ2n) is 6.75. The first-order valence-electron chi connectivity index (χ1n) is 9.00. The zero-order valence-corrected chi connectivity index (χ0v) is 15.3. The molecule has 0 spiro atoms. The quantitative estimate of drug-likeness (QED) is 0.446. The van der Waals surface area contributed by atoms with E-state index in [1.807, 2.05) is 30.3 Å². The number of hydrogen-bond donors (Lipinski definition) is 3. The maximum Gasteiger partial charge on any atom is 0.218 e. The lowest BCUT2D eigenvalue weighted by atomic mass is 9.87. The van der Waals surface area contributed by atoms with E-state index < -0.39 is 11.7 Å². The maximum absolute atomic E-state index is 14.3. The highest BCUT2D eigenvalue weighted by molar-refractivity contribution is 5.75. The van der Waals surface area contributed by atoms with Crippen molar-refractivity contribution in [1.29, 1.82) is 0 Å². The van der Waals surface area contributed by atoms with Crippen molar-refractivity contribution in [3.05, 3.63) is 71.7 Å². The fourth-order valence-electron chi connectivity index (χ4n) is 3.38. The molecule has 0 aliphatic carbocycles. The van der Waals surface area contributed by atoms with Gasteiger partial charge in [0.1, 0.15) is 5.82 Å². The van der Waals surface area contributed by atoms with Crippen LogP contribution in [0.25, 0.3) is 22.6 Å². The molecule has 4 N–H and O–H groups in total. The number of primary amides is 1. The van der Waals surface area contributed by atoms with Gasteiger partial charge in [0, 0.05) is 18.2 Å². The Bertz CT molecular complexity index is 1110. The molecular weight excluding hydrogens is 373 g/mol. The van der Waals surface area contributed by atoms with Crippen LogP contribution in [0, 0.1) is 5.82 Å². The van der Waals surface area contributed by atoms with Crippen LogP contribution < -0.4 is 5.73 Å². The molecule has 0 aliphatic rings. The summed E-state index contributed by atoms with van der Waals surface area (Å²) in [4.78, 5) is 11.7. The predicted octanol–water partition coefficient (Wildman–Crippen LogP) is 2.60. The van der Waals surface area contributed by atoms with Crippen LogP contribution in [-0.4, -0.2) is 36.7 Å². The topological polar surface area (TPSA) is 126 Å². The van der Waals surface area contributed by atoms with Gasteiger partial charge >= 0.3 is 0 Å². The van der Waals surface area contributed by atoms with E-state index in [1.165, 1.54) is 12.1 Å². The number of tetrazole rings is 1. The first-order chi connectivity index (χ1) is 14.1. The van der Waals surface area contributed by atoms with E-state index in [-0.39, 0.29) is 18.2 Å². The van der Waals surface area contributed by atoms with Gasteiger partial charge in [-0.25, -0.2) is 4.39 Å². The molecule has 0 saturated heterocycles. The second-order valence-corrected chi connectivity index (χ2v) is 6.75. The molecule has 4 aromatic rings. The number of H-pyrrole nitrogens is 2. The van der Waals surface area contributed by atoms with Crippen LogP contribution in [0.2, 0.25) is 0 Å². The van der Waals surface area contributed by atoms with Crippen molar-refractivity contribution < 1.29 is 9.18 Å². The van der Waals surface area contributed by atoms with Crippen molar-refractivity contribution in [2.75, 3.05) is 0 Å². The predicted molar refractivity (Wildman–Crippen MR) is 104 cm³/mol. The molecular formula is C20H18FN7O. The third kappa shape index (κ3) is 4.34. The minimum Gasteiger partial charge on any atom is -0.370 e. The summed E-state index contributed by atoms with van der Waals surface area (Å²) in [6.07, 6.45) is 2.29. The molecule has 0 aliphatic heterocycles. The van der Waals surface area contributed by atoms with Crippen LogP contribution >= 0.6 is 0 Å². The lowest BCUT2D eigenvalue weighted by molar-refractivity contribution is -0.118. The van der Waals surface area contributed by atoms with Gasteiger partial charge in [-0.2, -0.15) is 10.3 Å². The molecule has 2 heterocycles. The number of nitrogens with two attached hydrogens (primary N) is 1. The number of nitrogens with one attached hydrogen (secondary N) is 2. The van der Waals surface area contributed by atoms with Gasteiger partial charge in [-0.15, -0.1) is 10.2 Å². The average Bonchev–Trinajstić information content (AvgIpc) is 3.41. The van der Waals surface area contributed by atoms with Crippen LogP contribution in [0.1, 0.15) is 23.5 Å². The van der Waals surface area contributed by atoms with E-state index in [1.54, 1.807) is 12.3 Å². The number of halogens is 1. The third-order valence-corrected chi connectivity index (χ3v) is 4.66. The van der Waals surface area contributed by atoms with Gasteiger partial charge in [-0.1, -0.05) is 18.2 Å². The van der Waals surface area contributed by atoms with Crippen molar-refractivity contribution in [3.63, 3.8) is 0 Å². The number of rotatable bonds is 7. The van der Waals surface area contributed by atoms with Gasteiger partial charge in [0.25, 0.3) is 0 Å². The Labute approximate surface area is 165 Å². The van der Waals surface area contributed by atoms with E-state index >= 15 is 0 Å². The second kappa shape index (κ2) is 8.01. The lowest BCUT2D eigenvalue weighted by Gasteiger charge is -2.17. The summed E-state index contributed by atoms with van der Waals surface area (Å²) in [6, 6.07) is 14.3. The third-order valence-electron chi connectivity index (χ3n) is 4.66. The fraction of sp³-hybridized carbons (Fsp3) is 0.150. The average molecular weight is 391 g/mol. The molecule has 0 radical (unpaired) electrons. The van der Waals surface area contributed by atoms with Crippen molar-refractivity contribution >= 4 is 5.91 Å². The highest BCUT2D eigenvalue weighted by atomic mass is 19.1. The Hall–Kier alpha value is -3.88. The molecule has 4 rings (SSSR count). The van der Waals surface area contributed by atoms with E-state index in [9.17, 15) is 9.18 Å². The van der Waals surface area contributed by atoms with Crippen molar-refractivity contribution in [2.24, 2.45) is 5.73 Å². The van der Waals surface area contributed by atoms with E-state index in [0.29, 0.717) is 17.5 Å². The first kappa shape index (κ1) is 18.5. The minimum atomic E-state index is -0.454. The number of amides is 1. The van der Waals surface area contributed by atoms with Gasteiger partial charge in [-0.3, -0.25) is 9.89 Å². The first-order valence-corrected chi connectivity index (χ1v) is 9.00. The normalized spacial score (nSPS) is 12.0. The van der Waals surface area contributed by atoms with Gasteiger partial charge in [0.2, 0.25) is 11.7 Å². The highest BCUT2D eigenvalue weighted by Gasteiger charge is 2.19. The zero-order valence-electron chi connectivity index (χ0n) is 15.3. The Morgan fingerprint density at radius 3 is 2.76 bits per heavy atom. The number of nitrogens with zero attached hydrogens (tertiary/aromatic N) is 4. The standard InChI is InChI=1S/C20H18FN7O/c21-17-9-15(8-16(10-17)20-25-27-28-26-20)14(11-19(22)29)7-12-2-1-3-13(6-12)18-4-5-23-24-18/h1-6,8-10,14H,7,11H2,(H2,22,29)(H,23,24)(H,25,26,27,28). The maximum atomic E-state index is 14.3. The lowest BCUT2D eigenvalue weighted by Crippen LogP contribution is -2.17. The number of aromatic amines is 2. The van der Waals surface area contributed by atoms with Gasteiger partial charge in [-0.05, 0) is 64.6 Å². The summed E-state index contributed by atoms with van der Waals surface area (Å²) in [5, 5.41) is 20.6. The number of aromatic nitrogens is 6. The molecule has 0 fully saturated rings. The van der Waals surface area contributed by atoms with E-state index in [0.717, 1.165) is 16.8 Å². The van der Waals surface area contributed by atoms with Gasteiger partial charge < -0.3 is 5.73 Å². The molecule has 146 valence electrons. The molecule has 1 amide bonds. The zero-order chi connectivity index (χ0) is 20.2. The number of carbonyl (C=O) groups excluding carboxylic acids is 1. The molecule has 2 aromatic heterocycles. The number of benzene rings is 2. The highest BCUT2D eigenvalue weighted by Crippen LogP contribution is 2.29. The number of carbonyl (C=O) groups is 1. The van der Waals surface area contributed by atoms with E-state index in [2.05, 4.69) is 30.8 Å². The Morgan fingerprint density at radius 1 is 1.14 bits per heavy atom. The molecule has 8 nitrogen and oxygen atoms in total. The summed E-state index contributed by atoms with van der Waals surface area (Å²) in [5.41, 5.74) is 9.47. The Morgan fingerprint density at radius 2 is 2.03 bits per heavy atom. The van der Waals surface area contributed by atoms with Crippen molar-refractivity contribution in [2.45, 2.75) is 18.8 Å². The molecule has 0 bridgehead atoms. The van der Waals surface area contributed by atoms with Gasteiger partial charge in [0.05, 0.1) is 5.69 Å². The van der Waals surface area contributed by atoms with Gasteiger partial charge in [0.15, 0.2) is 0 Å². The summed E-state index contributed by atoms with van der Waals surface area (Å²) < 4.78 is 14.3. The molecule has 29 heavy (non-hydrogen) atoms.